The lowest BCUT2D eigenvalue weighted by Crippen LogP contribution is -2.38. The molecule has 1 atom stereocenters. The lowest BCUT2D eigenvalue weighted by Gasteiger charge is -2.26. The summed E-state index contributed by atoms with van der Waals surface area (Å²) < 4.78 is 32.2. The van der Waals surface area contributed by atoms with Gasteiger partial charge in [0.15, 0.2) is 0 Å². The van der Waals surface area contributed by atoms with Crippen LogP contribution in [-0.4, -0.2) is 37.8 Å². The first-order valence-electron chi connectivity index (χ1n) is 7.28. The predicted octanol–water partition coefficient (Wildman–Crippen LogP) is 3.50. The van der Waals surface area contributed by atoms with Gasteiger partial charge in [0.25, 0.3) is 0 Å². The number of rotatable bonds is 9. The smallest absolute Gasteiger partial charge is 0.243 e. The quantitative estimate of drug-likeness (QED) is 0.513. The average Bonchev–Trinajstić information content (AvgIpc) is 2.48. The first-order valence-corrected chi connectivity index (χ1v) is 9.25. The van der Waals surface area contributed by atoms with E-state index < -0.39 is 10.0 Å². The van der Waals surface area contributed by atoms with Crippen LogP contribution in [0.5, 0.6) is 5.75 Å². The molecule has 0 radical (unpaired) electrons. The van der Waals surface area contributed by atoms with Crippen LogP contribution in [0.25, 0.3) is 0 Å². The van der Waals surface area contributed by atoms with Crippen molar-refractivity contribution in [2.75, 3.05) is 19.0 Å². The third-order valence-corrected chi connectivity index (χ3v) is 5.74. The minimum Gasteiger partial charge on any atom is -0.494 e. The van der Waals surface area contributed by atoms with Crippen LogP contribution in [0.4, 0.5) is 0 Å². The van der Waals surface area contributed by atoms with Crippen molar-refractivity contribution >= 4 is 21.6 Å². The van der Waals surface area contributed by atoms with Crippen molar-refractivity contribution in [3.63, 3.8) is 0 Å². The Bertz CT molecular complexity index is 516. The molecule has 0 aromatic heterocycles. The number of hydrogen-bond acceptors (Lipinski definition) is 3. The van der Waals surface area contributed by atoms with Crippen molar-refractivity contribution in [3.8, 4) is 5.75 Å². The van der Waals surface area contributed by atoms with Crippen LogP contribution in [0.3, 0.4) is 0 Å². The zero-order chi connectivity index (χ0) is 15.9. The normalized spacial score (nSPS) is 13.4. The molecule has 21 heavy (non-hydrogen) atoms. The molecule has 4 nitrogen and oxygen atoms in total. The van der Waals surface area contributed by atoms with Crippen molar-refractivity contribution in [2.24, 2.45) is 0 Å². The summed E-state index contributed by atoms with van der Waals surface area (Å²) in [7, 11) is -3.45. The average molecular weight is 334 g/mol. The van der Waals surface area contributed by atoms with E-state index in [2.05, 4.69) is 0 Å². The second kappa shape index (κ2) is 8.61. The van der Waals surface area contributed by atoms with Crippen LogP contribution in [-0.2, 0) is 10.0 Å². The fraction of sp³-hybridized carbons (Fsp3) is 0.600. The van der Waals surface area contributed by atoms with Gasteiger partial charge in [0.2, 0.25) is 10.0 Å². The number of sulfonamides is 1. The zero-order valence-corrected chi connectivity index (χ0v) is 14.5. The molecule has 0 heterocycles. The van der Waals surface area contributed by atoms with Gasteiger partial charge in [0, 0.05) is 18.5 Å². The second-order valence-electron chi connectivity index (χ2n) is 4.83. The van der Waals surface area contributed by atoms with Crippen LogP contribution in [0.2, 0.25) is 0 Å². The Kier molecular flexibility index (Phi) is 7.49. The highest BCUT2D eigenvalue weighted by atomic mass is 35.5. The molecule has 0 N–H and O–H groups in total. The van der Waals surface area contributed by atoms with Gasteiger partial charge in [-0.15, -0.1) is 11.6 Å². The largest absolute Gasteiger partial charge is 0.494 e. The summed E-state index contributed by atoms with van der Waals surface area (Å²) in [6.45, 7) is 6.75. The van der Waals surface area contributed by atoms with E-state index in [1.807, 2.05) is 20.8 Å². The SMILES string of the molecule is CCC(C)N(CC)S(=O)(=O)c1ccc(OCCCCl)cc1. The number of benzene rings is 1. The van der Waals surface area contributed by atoms with E-state index >= 15 is 0 Å². The monoisotopic (exact) mass is 333 g/mol. The van der Waals surface area contributed by atoms with Crippen LogP contribution in [0, 0.1) is 0 Å². The standard InChI is InChI=1S/C15H24ClNO3S/c1-4-13(3)17(5-2)21(18,19)15-9-7-14(8-10-15)20-12-6-11-16/h7-10,13H,4-6,11-12H2,1-3H3. The Balaban J connectivity index is 2.88. The Morgan fingerprint density at radius 2 is 1.86 bits per heavy atom. The van der Waals surface area contributed by atoms with Gasteiger partial charge >= 0.3 is 0 Å². The van der Waals surface area contributed by atoms with Gasteiger partial charge in [-0.1, -0.05) is 13.8 Å². The minimum atomic E-state index is -3.45. The summed E-state index contributed by atoms with van der Waals surface area (Å²) >= 11 is 5.58. The predicted molar refractivity (Wildman–Crippen MR) is 86.6 cm³/mol. The molecule has 0 saturated carbocycles. The molecule has 1 unspecified atom stereocenters. The molecule has 0 spiro atoms. The van der Waals surface area contributed by atoms with Crippen LogP contribution in [0.15, 0.2) is 29.2 Å². The number of halogens is 1. The molecule has 0 aliphatic rings. The second-order valence-corrected chi connectivity index (χ2v) is 7.10. The van der Waals surface area contributed by atoms with Crippen molar-refractivity contribution < 1.29 is 13.2 Å². The van der Waals surface area contributed by atoms with Gasteiger partial charge in [0.1, 0.15) is 5.75 Å². The zero-order valence-electron chi connectivity index (χ0n) is 12.9. The van der Waals surface area contributed by atoms with Crippen molar-refractivity contribution in [2.45, 2.75) is 44.6 Å². The highest BCUT2D eigenvalue weighted by Crippen LogP contribution is 2.22. The molecular weight excluding hydrogens is 310 g/mol. The van der Waals surface area contributed by atoms with Crippen LogP contribution in [0.1, 0.15) is 33.6 Å². The number of alkyl halides is 1. The maximum absolute atomic E-state index is 12.6. The third kappa shape index (κ3) is 4.87. The molecule has 120 valence electrons. The van der Waals surface area contributed by atoms with E-state index in [9.17, 15) is 8.42 Å². The Hall–Kier alpha value is -0.780. The maximum atomic E-state index is 12.6. The first-order chi connectivity index (χ1) is 9.97. The highest BCUT2D eigenvalue weighted by Gasteiger charge is 2.26. The molecule has 1 aromatic carbocycles. The van der Waals surface area contributed by atoms with Crippen molar-refractivity contribution in [1.29, 1.82) is 0 Å². The molecular formula is C15H24ClNO3S. The molecule has 0 aliphatic heterocycles. The van der Waals surface area contributed by atoms with E-state index in [0.29, 0.717) is 29.7 Å². The van der Waals surface area contributed by atoms with Gasteiger partial charge in [-0.3, -0.25) is 0 Å². The van der Waals surface area contributed by atoms with Crippen molar-refractivity contribution in [1.82, 2.24) is 4.31 Å². The Morgan fingerprint density at radius 3 is 2.33 bits per heavy atom. The van der Waals surface area contributed by atoms with E-state index in [-0.39, 0.29) is 6.04 Å². The molecule has 0 fully saturated rings. The molecule has 0 aliphatic carbocycles. The Labute approximate surface area is 133 Å². The minimum absolute atomic E-state index is 0.0142. The third-order valence-electron chi connectivity index (χ3n) is 3.37. The topological polar surface area (TPSA) is 46.6 Å². The maximum Gasteiger partial charge on any atom is 0.243 e. The molecule has 1 rings (SSSR count). The summed E-state index contributed by atoms with van der Waals surface area (Å²) in [4.78, 5) is 0.300. The number of hydrogen-bond donors (Lipinski definition) is 0. The molecule has 1 aromatic rings. The lowest BCUT2D eigenvalue weighted by molar-refractivity contribution is 0.318. The van der Waals surface area contributed by atoms with Gasteiger partial charge in [-0.05, 0) is 44.0 Å². The first kappa shape index (κ1) is 18.3. The molecule has 0 saturated heterocycles. The van der Waals surface area contributed by atoms with Gasteiger partial charge in [-0.2, -0.15) is 4.31 Å². The lowest BCUT2D eigenvalue weighted by atomic mass is 10.3. The van der Waals surface area contributed by atoms with E-state index in [0.717, 1.165) is 12.8 Å². The summed E-state index contributed by atoms with van der Waals surface area (Å²) in [5, 5.41) is 0. The Morgan fingerprint density at radius 1 is 1.24 bits per heavy atom. The van der Waals surface area contributed by atoms with Gasteiger partial charge < -0.3 is 4.74 Å². The summed E-state index contributed by atoms with van der Waals surface area (Å²) in [5.74, 6) is 1.21. The van der Waals surface area contributed by atoms with E-state index in [1.54, 1.807) is 24.3 Å². The highest BCUT2D eigenvalue weighted by molar-refractivity contribution is 7.89. The van der Waals surface area contributed by atoms with Crippen LogP contribution < -0.4 is 4.74 Å². The summed E-state index contributed by atoms with van der Waals surface area (Å²) in [6, 6.07) is 6.55. The van der Waals surface area contributed by atoms with E-state index in [4.69, 9.17) is 16.3 Å². The number of ether oxygens (including phenoxy) is 1. The molecule has 0 bridgehead atoms. The summed E-state index contributed by atoms with van der Waals surface area (Å²) in [6.07, 6.45) is 1.55. The molecule has 0 amide bonds. The van der Waals surface area contributed by atoms with E-state index in [1.165, 1.54) is 4.31 Å². The van der Waals surface area contributed by atoms with Crippen LogP contribution >= 0.6 is 11.6 Å². The molecule has 6 heteroatoms. The number of nitrogens with zero attached hydrogens (tertiary/aromatic N) is 1. The van der Waals surface area contributed by atoms with Gasteiger partial charge in [-0.25, -0.2) is 8.42 Å². The fourth-order valence-corrected chi connectivity index (χ4v) is 3.83. The fourth-order valence-electron chi connectivity index (χ4n) is 2.01. The van der Waals surface area contributed by atoms with Gasteiger partial charge in [0.05, 0.1) is 11.5 Å². The van der Waals surface area contributed by atoms with Crippen molar-refractivity contribution in [3.05, 3.63) is 24.3 Å². The summed E-state index contributed by atoms with van der Waals surface area (Å²) in [5.41, 5.74) is 0.